The standard InChI is InChI=1S/C54H90O14/c1-3-5-7-9-11-13-15-17-19-20-21-22-23-25-27-29-31-33-35-37-46(56)66-43(40-63-38-36-34-32-30-28-26-24-18-16-14-12-10-8-6-4-2)41-64-53-52(62)50(60)48(58)45(68-53)42-65-54-51(61)49(59)47(57)44(39-55)67-54/h5,7,10-13,16-19,21-22,25,27,43-45,47-55,57-62H,3-4,6,8-9,14-15,20,23-24,26,28-42H2,1-2H3/b7-5-,12-10-,13-11-,18-16-,19-17-,22-21-,27-25-. The van der Waals surface area contributed by atoms with Gasteiger partial charge in [-0.2, -0.15) is 0 Å². The van der Waals surface area contributed by atoms with E-state index in [1.807, 2.05) is 0 Å². The molecule has 2 fully saturated rings. The minimum Gasteiger partial charge on any atom is -0.457 e. The smallest absolute Gasteiger partial charge is 0.306 e. The molecule has 0 aliphatic carbocycles. The first-order valence-corrected chi connectivity index (χ1v) is 25.7. The third kappa shape index (κ3) is 28.1. The van der Waals surface area contributed by atoms with Gasteiger partial charge in [0, 0.05) is 13.0 Å². The topological polar surface area (TPSA) is 214 Å². The number of unbranched alkanes of at least 4 members (excludes halogenated alkanes) is 11. The van der Waals surface area contributed by atoms with E-state index in [4.69, 9.17) is 28.4 Å². The third-order valence-corrected chi connectivity index (χ3v) is 11.6. The fraction of sp³-hybridized carbons (Fsp3) is 0.722. The fourth-order valence-corrected chi connectivity index (χ4v) is 7.44. The highest BCUT2D eigenvalue weighted by molar-refractivity contribution is 5.69. The van der Waals surface area contributed by atoms with E-state index in [0.717, 1.165) is 96.3 Å². The van der Waals surface area contributed by atoms with Crippen LogP contribution in [0.25, 0.3) is 0 Å². The lowest BCUT2D eigenvalue weighted by molar-refractivity contribution is -0.332. The van der Waals surface area contributed by atoms with Gasteiger partial charge in [0.1, 0.15) is 54.9 Å². The highest BCUT2D eigenvalue weighted by atomic mass is 16.7. The second-order valence-corrected chi connectivity index (χ2v) is 17.6. The van der Waals surface area contributed by atoms with Gasteiger partial charge in [-0.25, -0.2) is 0 Å². The molecule has 2 saturated heterocycles. The number of carbonyl (C=O) groups is 1. The minimum absolute atomic E-state index is 0.0353. The Kier molecular flexibility index (Phi) is 36.8. The van der Waals surface area contributed by atoms with Crippen LogP contribution in [-0.4, -0.2) is 142 Å². The molecule has 2 heterocycles. The van der Waals surface area contributed by atoms with Crippen molar-refractivity contribution in [2.45, 2.75) is 216 Å². The number of aliphatic hydroxyl groups is 7. The zero-order valence-electron chi connectivity index (χ0n) is 41.3. The van der Waals surface area contributed by atoms with Crippen molar-refractivity contribution in [3.63, 3.8) is 0 Å². The zero-order chi connectivity index (χ0) is 49.5. The van der Waals surface area contributed by atoms with Gasteiger partial charge in [-0.1, -0.05) is 144 Å². The number of aliphatic hydroxyl groups excluding tert-OH is 7. The second-order valence-electron chi connectivity index (χ2n) is 17.6. The maximum absolute atomic E-state index is 13.0. The quantitative estimate of drug-likeness (QED) is 0.0179. The number of ether oxygens (including phenoxy) is 6. The van der Waals surface area contributed by atoms with Crippen LogP contribution in [-0.2, 0) is 33.2 Å². The molecule has 0 aromatic carbocycles. The van der Waals surface area contributed by atoms with E-state index in [9.17, 15) is 40.5 Å². The minimum atomic E-state index is -1.72. The van der Waals surface area contributed by atoms with Crippen molar-refractivity contribution >= 4 is 5.97 Å². The number of hydrogen-bond donors (Lipinski definition) is 7. The molecule has 0 bridgehead atoms. The highest BCUT2D eigenvalue weighted by Gasteiger charge is 2.47. The molecule has 0 radical (unpaired) electrons. The molecule has 390 valence electrons. The van der Waals surface area contributed by atoms with Crippen molar-refractivity contribution in [1.82, 2.24) is 0 Å². The molecule has 0 amide bonds. The summed E-state index contributed by atoms with van der Waals surface area (Å²) in [4.78, 5) is 13.0. The Balaban J connectivity index is 1.80. The van der Waals surface area contributed by atoms with Crippen molar-refractivity contribution in [1.29, 1.82) is 0 Å². The molecule has 68 heavy (non-hydrogen) atoms. The van der Waals surface area contributed by atoms with Crippen LogP contribution in [0.1, 0.15) is 149 Å². The van der Waals surface area contributed by atoms with E-state index in [2.05, 4.69) is 98.9 Å². The lowest BCUT2D eigenvalue weighted by atomic mass is 9.98. The van der Waals surface area contributed by atoms with Gasteiger partial charge in [0.05, 0.1) is 26.4 Å². The molecule has 14 nitrogen and oxygen atoms in total. The Hall–Kier alpha value is -2.83. The van der Waals surface area contributed by atoms with Gasteiger partial charge in [0.25, 0.3) is 0 Å². The fourth-order valence-electron chi connectivity index (χ4n) is 7.44. The van der Waals surface area contributed by atoms with Gasteiger partial charge in [0.15, 0.2) is 12.6 Å². The molecule has 2 rings (SSSR count). The van der Waals surface area contributed by atoms with E-state index in [-0.39, 0.29) is 19.6 Å². The van der Waals surface area contributed by atoms with Gasteiger partial charge < -0.3 is 64.2 Å². The monoisotopic (exact) mass is 963 g/mol. The van der Waals surface area contributed by atoms with Gasteiger partial charge >= 0.3 is 5.97 Å². The van der Waals surface area contributed by atoms with Crippen LogP contribution < -0.4 is 0 Å². The van der Waals surface area contributed by atoms with Gasteiger partial charge in [-0.15, -0.1) is 0 Å². The summed E-state index contributed by atoms with van der Waals surface area (Å²) < 4.78 is 34.2. The largest absolute Gasteiger partial charge is 0.457 e. The van der Waals surface area contributed by atoms with Gasteiger partial charge in [-0.3, -0.25) is 4.79 Å². The van der Waals surface area contributed by atoms with E-state index in [1.165, 1.54) is 25.7 Å². The summed E-state index contributed by atoms with van der Waals surface area (Å²) in [5.74, 6) is -0.415. The first-order valence-electron chi connectivity index (χ1n) is 25.7. The maximum Gasteiger partial charge on any atom is 0.306 e. The molecule has 11 unspecified atom stereocenters. The van der Waals surface area contributed by atoms with Crippen LogP contribution in [0, 0.1) is 0 Å². The number of carbonyl (C=O) groups excluding carboxylic acids is 1. The molecule has 7 N–H and O–H groups in total. The Labute approximate surface area is 408 Å². The number of allylic oxidation sites excluding steroid dienone is 14. The zero-order valence-corrected chi connectivity index (χ0v) is 41.3. The molecule has 0 aromatic rings. The second kappa shape index (κ2) is 40.9. The first-order chi connectivity index (χ1) is 33.1. The number of esters is 1. The van der Waals surface area contributed by atoms with E-state index in [0.29, 0.717) is 13.0 Å². The van der Waals surface area contributed by atoms with Crippen molar-refractivity contribution in [2.75, 3.05) is 33.0 Å². The molecular weight excluding hydrogens is 873 g/mol. The van der Waals surface area contributed by atoms with Crippen LogP contribution in [0.4, 0.5) is 0 Å². The van der Waals surface area contributed by atoms with Crippen LogP contribution in [0.2, 0.25) is 0 Å². The van der Waals surface area contributed by atoms with Crippen LogP contribution in [0.3, 0.4) is 0 Å². The third-order valence-electron chi connectivity index (χ3n) is 11.6. The summed E-state index contributed by atoms with van der Waals surface area (Å²) in [6.07, 6.45) is 35.0. The normalized spacial score (nSPS) is 26.6. The summed E-state index contributed by atoms with van der Waals surface area (Å²) in [6.45, 7) is 3.44. The first kappa shape index (κ1) is 61.3. The Morgan fingerprint density at radius 3 is 1.50 bits per heavy atom. The lowest BCUT2D eigenvalue weighted by Crippen LogP contribution is -2.61. The van der Waals surface area contributed by atoms with E-state index in [1.54, 1.807) is 0 Å². The Bertz CT molecular complexity index is 1440. The molecule has 0 saturated carbocycles. The van der Waals surface area contributed by atoms with Crippen LogP contribution >= 0.6 is 0 Å². The molecule has 2 aliphatic heterocycles. The average molecular weight is 963 g/mol. The molecular formula is C54H90O14. The summed E-state index contributed by atoms with van der Waals surface area (Å²) in [6, 6.07) is 0. The summed E-state index contributed by atoms with van der Waals surface area (Å²) >= 11 is 0. The Morgan fingerprint density at radius 2 is 0.956 bits per heavy atom. The summed E-state index contributed by atoms with van der Waals surface area (Å²) in [5, 5.41) is 72.1. The SMILES string of the molecule is CC/C=C\C/C=C\C/C=C\C/C=C\C/C=C\CCCCCC(=O)OC(COCCCCCCCC/C=C\C/C=C\CCCC)COC1OC(COC2OC(CO)C(O)C(O)C2O)C(O)C(O)C1O. The molecule has 2 aliphatic rings. The predicted molar refractivity (Wildman–Crippen MR) is 265 cm³/mol. The highest BCUT2D eigenvalue weighted by Crippen LogP contribution is 2.26. The van der Waals surface area contributed by atoms with E-state index >= 15 is 0 Å². The van der Waals surface area contributed by atoms with Crippen LogP contribution in [0.15, 0.2) is 85.1 Å². The van der Waals surface area contributed by atoms with Crippen molar-refractivity contribution in [2.24, 2.45) is 0 Å². The molecule has 0 aromatic heterocycles. The van der Waals surface area contributed by atoms with Crippen molar-refractivity contribution in [3.05, 3.63) is 85.1 Å². The molecule has 11 atom stereocenters. The predicted octanol–water partition coefficient (Wildman–Crippen LogP) is 7.68. The summed E-state index contributed by atoms with van der Waals surface area (Å²) in [7, 11) is 0. The molecule has 14 heteroatoms. The van der Waals surface area contributed by atoms with Gasteiger partial charge in [0.2, 0.25) is 0 Å². The van der Waals surface area contributed by atoms with Crippen molar-refractivity contribution < 1.29 is 69.0 Å². The molecule has 0 spiro atoms. The number of hydrogen-bond acceptors (Lipinski definition) is 14. The van der Waals surface area contributed by atoms with Crippen LogP contribution in [0.5, 0.6) is 0 Å². The van der Waals surface area contributed by atoms with E-state index < -0.39 is 86.7 Å². The average Bonchev–Trinajstić information content (AvgIpc) is 3.33. The summed E-state index contributed by atoms with van der Waals surface area (Å²) in [5.41, 5.74) is 0. The van der Waals surface area contributed by atoms with Gasteiger partial charge in [-0.05, 0) is 83.5 Å². The lowest BCUT2D eigenvalue weighted by Gasteiger charge is -2.42. The van der Waals surface area contributed by atoms with Crippen molar-refractivity contribution in [3.8, 4) is 0 Å². The number of rotatable bonds is 39. The maximum atomic E-state index is 13.0. The Morgan fingerprint density at radius 1 is 0.500 bits per heavy atom.